The highest BCUT2D eigenvalue weighted by Gasteiger charge is 2.01. The molecule has 3 nitrogen and oxygen atoms in total. The van der Waals surface area contributed by atoms with Crippen LogP contribution in [0.15, 0.2) is 42.0 Å². The van der Waals surface area contributed by atoms with Crippen LogP contribution in [0.2, 0.25) is 0 Å². The lowest BCUT2D eigenvalue weighted by atomic mass is 10.2. The van der Waals surface area contributed by atoms with Crippen molar-refractivity contribution in [3.63, 3.8) is 0 Å². The number of benzene rings is 1. The topological polar surface area (TPSA) is 37.8 Å². The Labute approximate surface area is 120 Å². The van der Waals surface area contributed by atoms with Crippen LogP contribution in [-0.2, 0) is 6.54 Å². The first-order valence-corrected chi connectivity index (χ1v) is 7.66. The van der Waals surface area contributed by atoms with Gasteiger partial charge in [0.25, 0.3) is 0 Å². The first-order valence-electron chi connectivity index (χ1n) is 5.96. The third-order valence-corrected chi connectivity index (χ3v) is 4.43. The summed E-state index contributed by atoms with van der Waals surface area (Å²) >= 11 is 3.38. The summed E-state index contributed by atoms with van der Waals surface area (Å²) in [4.78, 5) is 9.80. The number of aryl methyl sites for hydroxylation is 1. The van der Waals surface area contributed by atoms with Gasteiger partial charge in [0, 0.05) is 33.9 Å². The standard InChI is InChI=1S/C14H13N3S2/c1-10-16-8-13(19-10)9-17-12-4-2-11(3-5-12)14-15-6-7-18-14/h2-8,17H,9H2,1H3. The molecule has 0 unspecified atom stereocenters. The molecule has 0 aliphatic rings. The molecule has 2 aromatic heterocycles. The van der Waals surface area contributed by atoms with E-state index in [1.54, 1.807) is 22.7 Å². The van der Waals surface area contributed by atoms with Crippen LogP contribution < -0.4 is 5.32 Å². The fraction of sp³-hybridized carbons (Fsp3) is 0.143. The lowest BCUT2D eigenvalue weighted by Gasteiger charge is -2.05. The molecule has 3 aromatic rings. The molecule has 0 saturated carbocycles. The van der Waals surface area contributed by atoms with E-state index in [0.29, 0.717) is 0 Å². The summed E-state index contributed by atoms with van der Waals surface area (Å²) in [5.74, 6) is 0. The summed E-state index contributed by atoms with van der Waals surface area (Å²) in [6.45, 7) is 2.85. The zero-order chi connectivity index (χ0) is 13.1. The van der Waals surface area contributed by atoms with Gasteiger partial charge in [0.15, 0.2) is 0 Å². The zero-order valence-corrected chi connectivity index (χ0v) is 12.1. The second kappa shape index (κ2) is 5.50. The van der Waals surface area contributed by atoms with Crippen molar-refractivity contribution in [3.05, 3.63) is 51.9 Å². The average molecular weight is 287 g/mol. The van der Waals surface area contributed by atoms with E-state index in [1.807, 2.05) is 24.7 Å². The Kier molecular flexibility index (Phi) is 3.57. The summed E-state index contributed by atoms with van der Waals surface area (Å²) in [5, 5.41) is 7.56. The zero-order valence-electron chi connectivity index (χ0n) is 10.5. The second-order valence-electron chi connectivity index (χ2n) is 4.11. The molecule has 0 amide bonds. The van der Waals surface area contributed by atoms with Crippen molar-refractivity contribution in [2.75, 3.05) is 5.32 Å². The minimum absolute atomic E-state index is 0.822. The van der Waals surface area contributed by atoms with Gasteiger partial charge >= 0.3 is 0 Å². The molecule has 3 rings (SSSR count). The summed E-state index contributed by atoms with van der Waals surface area (Å²) in [6.07, 6.45) is 3.76. The van der Waals surface area contributed by atoms with Gasteiger partial charge in [-0.2, -0.15) is 0 Å². The smallest absolute Gasteiger partial charge is 0.123 e. The predicted octanol–water partition coefficient (Wildman–Crippen LogP) is 4.19. The number of anilines is 1. The Bertz CT molecular complexity index is 642. The van der Waals surface area contributed by atoms with E-state index in [4.69, 9.17) is 0 Å². The third kappa shape index (κ3) is 3.00. The lowest BCUT2D eigenvalue weighted by molar-refractivity contribution is 1.17. The first-order chi connectivity index (χ1) is 9.31. The number of hydrogen-bond donors (Lipinski definition) is 1. The highest BCUT2D eigenvalue weighted by molar-refractivity contribution is 7.13. The Morgan fingerprint density at radius 2 is 2.00 bits per heavy atom. The van der Waals surface area contributed by atoms with Crippen molar-refractivity contribution in [3.8, 4) is 10.6 Å². The van der Waals surface area contributed by atoms with Gasteiger partial charge in [-0.25, -0.2) is 9.97 Å². The monoisotopic (exact) mass is 287 g/mol. The number of nitrogens with zero attached hydrogens (tertiary/aromatic N) is 2. The maximum Gasteiger partial charge on any atom is 0.123 e. The molecule has 19 heavy (non-hydrogen) atoms. The van der Waals surface area contributed by atoms with Crippen molar-refractivity contribution in [1.82, 2.24) is 9.97 Å². The maximum atomic E-state index is 4.30. The van der Waals surface area contributed by atoms with Crippen LogP contribution >= 0.6 is 22.7 Å². The Morgan fingerprint density at radius 1 is 1.16 bits per heavy atom. The number of hydrogen-bond acceptors (Lipinski definition) is 5. The normalized spacial score (nSPS) is 10.6. The molecule has 2 heterocycles. The Hall–Kier alpha value is -1.72. The quantitative estimate of drug-likeness (QED) is 0.782. The number of rotatable bonds is 4. The Morgan fingerprint density at radius 3 is 2.63 bits per heavy atom. The van der Waals surface area contributed by atoms with Crippen molar-refractivity contribution < 1.29 is 0 Å². The van der Waals surface area contributed by atoms with Gasteiger partial charge in [0.05, 0.1) is 11.6 Å². The van der Waals surface area contributed by atoms with E-state index in [0.717, 1.165) is 27.8 Å². The summed E-state index contributed by atoms with van der Waals surface area (Å²) < 4.78 is 0. The van der Waals surface area contributed by atoms with Crippen LogP contribution in [0.4, 0.5) is 5.69 Å². The van der Waals surface area contributed by atoms with Crippen LogP contribution in [0.1, 0.15) is 9.88 Å². The minimum Gasteiger partial charge on any atom is -0.380 e. The molecule has 1 N–H and O–H groups in total. The SMILES string of the molecule is Cc1ncc(CNc2ccc(-c3nccs3)cc2)s1. The maximum absolute atomic E-state index is 4.30. The third-order valence-electron chi connectivity index (χ3n) is 2.70. The highest BCUT2D eigenvalue weighted by atomic mass is 32.1. The molecule has 0 atom stereocenters. The van der Waals surface area contributed by atoms with Crippen molar-refractivity contribution in [2.24, 2.45) is 0 Å². The van der Waals surface area contributed by atoms with Crippen LogP contribution in [0.3, 0.4) is 0 Å². The van der Waals surface area contributed by atoms with Gasteiger partial charge in [0.2, 0.25) is 0 Å². The number of aromatic nitrogens is 2. The largest absolute Gasteiger partial charge is 0.380 e. The summed E-state index contributed by atoms with van der Waals surface area (Å²) in [5.41, 5.74) is 2.28. The van der Waals surface area contributed by atoms with Crippen LogP contribution in [-0.4, -0.2) is 9.97 Å². The predicted molar refractivity (Wildman–Crippen MR) is 81.7 cm³/mol. The van der Waals surface area contributed by atoms with E-state index in [1.165, 1.54) is 4.88 Å². The molecule has 1 aromatic carbocycles. The fourth-order valence-corrected chi connectivity index (χ4v) is 3.15. The molecule has 0 radical (unpaired) electrons. The molecular formula is C14H13N3S2. The van der Waals surface area contributed by atoms with Crippen molar-refractivity contribution >= 4 is 28.4 Å². The lowest BCUT2D eigenvalue weighted by Crippen LogP contribution is -1.96. The van der Waals surface area contributed by atoms with Gasteiger partial charge < -0.3 is 5.32 Å². The van der Waals surface area contributed by atoms with Crippen LogP contribution in [0.25, 0.3) is 10.6 Å². The molecule has 0 aliphatic carbocycles. The molecule has 0 saturated heterocycles. The molecule has 96 valence electrons. The van der Waals surface area contributed by atoms with E-state index in [-0.39, 0.29) is 0 Å². The first kappa shape index (κ1) is 12.3. The molecule has 0 aliphatic heterocycles. The molecule has 0 spiro atoms. The van der Waals surface area contributed by atoms with Crippen molar-refractivity contribution in [1.29, 1.82) is 0 Å². The number of nitrogens with one attached hydrogen (secondary N) is 1. The van der Waals surface area contributed by atoms with Gasteiger partial charge in [-0.05, 0) is 31.2 Å². The van der Waals surface area contributed by atoms with Crippen LogP contribution in [0, 0.1) is 6.92 Å². The average Bonchev–Trinajstić information content (AvgIpc) is 3.08. The van der Waals surface area contributed by atoms with E-state index in [2.05, 4.69) is 39.6 Å². The highest BCUT2D eigenvalue weighted by Crippen LogP contribution is 2.23. The summed E-state index contributed by atoms with van der Waals surface area (Å²) in [6, 6.07) is 8.37. The van der Waals surface area contributed by atoms with Gasteiger partial charge in [0.1, 0.15) is 5.01 Å². The molecule has 5 heteroatoms. The molecule has 0 fully saturated rings. The molecule has 0 bridgehead atoms. The van der Waals surface area contributed by atoms with Gasteiger partial charge in [-0.15, -0.1) is 22.7 Å². The van der Waals surface area contributed by atoms with E-state index < -0.39 is 0 Å². The van der Waals surface area contributed by atoms with Crippen LogP contribution in [0.5, 0.6) is 0 Å². The fourth-order valence-electron chi connectivity index (χ4n) is 1.77. The van der Waals surface area contributed by atoms with Gasteiger partial charge in [-0.3, -0.25) is 0 Å². The Balaban J connectivity index is 1.66. The van der Waals surface area contributed by atoms with Crippen molar-refractivity contribution in [2.45, 2.75) is 13.5 Å². The number of thiazole rings is 2. The minimum atomic E-state index is 0.822. The van der Waals surface area contributed by atoms with Gasteiger partial charge in [-0.1, -0.05) is 0 Å². The second-order valence-corrected chi connectivity index (χ2v) is 6.33. The molecular weight excluding hydrogens is 274 g/mol. The van der Waals surface area contributed by atoms with E-state index in [9.17, 15) is 0 Å². The van der Waals surface area contributed by atoms with E-state index >= 15 is 0 Å². The summed E-state index contributed by atoms with van der Waals surface area (Å²) in [7, 11) is 0.